The number of hydrogen-bond acceptors (Lipinski definition) is 4. The van der Waals surface area contributed by atoms with Gasteiger partial charge >= 0.3 is 0 Å². The van der Waals surface area contributed by atoms with Gasteiger partial charge in [-0.2, -0.15) is 0 Å². The molecule has 1 amide bonds. The summed E-state index contributed by atoms with van der Waals surface area (Å²) in [5.74, 6) is 0.441. The monoisotopic (exact) mass is 222 g/mol. The van der Waals surface area contributed by atoms with Crippen LogP contribution in [-0.2, 0) is 4.79 Å². The summed E-state index contributed by atoms with van der Waals surface area (Å²) >= 11 is 0. The van der Waals surface area contributed by atoms with E-state index in [0.717, 1.165) is 5.69 Å². The number of pyridine rings is 1. The molecule has 0 aliphatic carbocycles. The molecule has 1 unspecified atom stereocenters. The van der Waals surface area contributed by atoms with E-state index in [0.29, 0.717) is 12.2 Å². The topological polar surface area (TPSA) is 71.2 Å². The zero-order valence-corrected chi connectivity index (χ0v) is 9.90. The molecule has 88 valence electrons. The van der Waals surface area contributed by atoms with E-state index in [9.17, 15) is 4.79 Å². The van der Waals surface area contributed by atoms with Gasteiger partial charge in [0.2, 0.25) is 5.91 Å². The molecule has 0 saturated heterocycles. The maximum Gasteiger partial charge on any atom is 0.227 e. The van der Waals surface area contributed by atoms with Crippen molar-refractivity contribution < 1.29 is 4.79 Å². The SMILES string of the molecule is CC(N)CC(=O)Nc1ccc(N(C)C)cn1. The van der Waals surface area contributed by atoms with Crippen molar-refractivity contribution in [3.8, 4) is 0 Å². The van der Waals surface area contributed by atoms with Gasteiger partial charge in [-0.1, -0.05) is 0 Å². The molecule has 0 radical (unpaired) electrons. The van der Waals surface area contributed by atoms with Gasteiger partial charge in [0, 0.05) is 26.6 Å². The molecule has 1 atom stereocenters. The second kappa shape index (κ2) is 5.46. The maximum atomic E-state index is 11.4. The predicted molar refractivity (Wildman–Crippen MR) is 65.5 cm³/mol. The first-order chi connectivity index (χ1) is 7.49. The van der Waals surface area contributed by atoms with Crippen molar-refractivity contribution in [2.24, 2.45) is 5.73 Å². The molecule has 0 bridgehead atoms. The van der Waals surface area contributed by atoms with Gasteiger partial charge in [0.1, 0.15) is 5.82 Å². The molecule has 16 heavy (non-hydrogen) atoms. The highest BCUT2D eigenvalue weighted by Gasteiger charge is 2.06. The van der Waals surface area contributed by atoms with E-state index in [4.69, 9.17) is 5.73 Å². The summed E-state index contributed by atoms with van der Waals surface area (Å²) in [6.45, 7) is 1.79. The Balaban J connectivity index is 2.58. The summed E-state index contributed by atoms with van der Waals surface area (Å²) in [6, 6.07) is 3.53. The van der Waals surface area contributed by atoms with Crippen molar-refractivity contribution in [2.45, 2.75) is 19.4 Å². The van der Waals surface area contributed by atoms with E-state index in [2.05, 4.69) is 10.3 Å². The number of aromatic nitrogens is 1. The Bertz CT molecular complexity index is 346. The molecule has 1 rings (SSSR count). The van der Waals surface area contributed by atoms with Gasteiger partial charge < -0.3 is 16.0 Å². The number of nitrogens with one attached hydrogen (secondary N) is 1. The number of hydrogen-bond donors (Lipinski definition) is 2. The van der Waals surface area contributed by atoms with Crippen LogP contribution in [0.5, 0.6) is 0 Å². The summed E-state index contributed by atoms with van der Waals surface area (Å²) < 4.78 is 0. The Hall–Kier alpha value is -1.62. The van der Waals surface area contributed by atoms with Gasteiger partial charge in [0.25, 0.3) is 0 Å². The number of nitrogens with zero attached hydrogens (tertiary/aromatic N) is 2. The Morgan fingerprint density at radius 3 is 2.69 bits per heavy atom. The van der Waals surface area contributed by atoms with Gasteiger partial charge in [0.05, 0.1) is 11.9 Å². The fourth-order valence-corrected chi connectivity index (χ4v) is 1.21. The third kappa shape index (κ3) is 3.86. The predicted octanol–water partition coefficient (Wildman–Crippen LogP) is 0.823. The quantitative estimate of drug-likeness (QED) is 0.791. The van der Waals surface area contributed by atoms with Crippen LogP contribution in [-0.4, -0.2) is 31.0 Å². The number of amides is 1. The summed E-state index contributed by atoms with van der Waals surface area (Å²) in [6.07, 6.45) is 2.01. The molecule has 0 aromatic carbocycles. The number of carbonyl (C=O) groups excluding carboxylic acids is 1. The van der Waals surface area contributed by atoms with Crippen molar-refractivity contribution >= 4 is 17.4 Å². The molecule has 1 heterocycles. The summed E-state index contributed by atoms with van der Waals surface area (Å²) in [5.41, 5.74) is 6.51. The van der Waals surface area contributed by atoms with E-state index in [-0.39, 0.29) is 11.9 Å². The third-order valence-corrected chi connectivity index (χ3v) is 2.04. The molecule has 0 aliphatic rings. The molecular formula is C11H18N4O. The van der Waals surface area contributed by atoms with Crippen molar-refractivity contribution in [1.29, 1.82) is 0 Å². The lowest BCUT2D eigenvalue weighted by atomic mass is 10.2. The van der Waals surface area contributed by atoms with E-state index in [1.54, 1.807) is 19.2 Å². The molecular weight excluding hydrogens is 204 g/mol. The summed E-state index contributed by atoms with van der Waals surface area (Å²) in [5, 5.41) is 2.69. The second-order valence-electron chi connectivity index (χ2n) is 4.03. The van der Waals surface area contributed by atoms with E-state index >= 15 is 0 Å². The van der Waals surface area contributed by atoms with Gasteiger partial charge in [-0.3, -0.25) is 4.79 Å². The van der Waals surface area contributed by atoms with Gasteiger partial charge in [0.15, 0.2) is 0 Å². The molecule has 0 spiro atoms. The van der Waals surface area contributed by atoms with Crippen molar-refractivity contribution in [3.05, 3.63) is 18.3 Å². The van der Waals surface area contributed by atoms with E-state index in [1.807, 2.05) is 25.1 Å². The zero-order valence-electron chi connectivity index (χ0n) is 9.90. The Labute approximate surface area is 95.7 Å². The Kier molecular flexibility index (Phi) is 4.25. The van der Waals surface area contributed by atoms with Crippen LogP contribution in [0.25, 0.3) is 0 Å². The number of rotatable bonds is 4. The van der Waals surface area contributed by atoms with Crippen LogP contribution in [0.2, 0.25) is 0 Å². The van der Waals surface area contributed by atoms with Crippen LogP contribution in [0.1, 0.15) is 13.3 Å². The minimum atomic E-state index is -0.138. The maximum absolute atomic E-state index is 11.4. The third-order valence-electron chi connectivity index (χ3n) is 2.04. The first-order valence-corrected chi connectivity index (χ1v) is 5.18. The average molecular weight is 222 g/mol. The van der Waals surface area contributed by atoms with Crippen LogP contribution in [0.4, 0.5) is 11.5 Å². The lowest BCUT2D eigenvalue weighted by Crippen LogP contribution is -2.24. The molecule has 0 saturated carbocycles. The number of anilines is 2. The van der Waals surface area contributed by atoms with Crippen LogP contribution in [0, 0.1) is 0 Å². The second-order valence-corrected chi connectivity index (χ2v) is 4.03. The number of nitrogens with two attached hydrogens (primary N) is 1. The average Bonchev–Trinajstić information content (AvgIpc) is 2.16. The molecule has 0 fully saturated rings. The van der Waals surface area contributed by atoms with Crippen LogP contribution in [0.15, 0.2) is 18.3 Å². The summed E-state index contributed by atoms with van der Waals surface area (Å²) in [4.78, 5) is 17.5. The highest BCUT2D eigenvalue weighted by molar-refractivity contribution is 5.90. The highest BCUT2D eigenvalue weighted by Crippen LogP contribution is 2.12. The standard InChI is InChI=1S/C11H18N4O/c1-8(12)6-11(16)14-10-5-4-9(7-13-10)15(2)3/h4-5,7-8H,6,12H2,1-3H3,(H,13,14,16). The first-order valence-electron chi connectivity index (χ1n) is 5.18. The molecule has 3 N–H and O–H groups in total. The summed E-state index contributed by atoms with van der Waals surface area (Å²) in [7, 11) is 3.87. The van der Waals surface area contributed by atoms with Crippen LogP contribution >= 0.6 is 0 Å². The lowest BCUT2D eigenvalue weighted by Gasteiger charge is -2.12. The van der Waals surface area contributed by atoms with Crippen molar-refractivity contribution in [3.63, 3.8) is 0 Å². The zero-order chi connectivity index (χ0) is 12.1. The Morgan fingerprint density at radius 1 is 1.56 bits per heavy atom. The fourth-order valence-electron chi connectivity index (χ4n) is 1.21. The smallest absolute Gasteiger partial charge is 0.227 e. The lowest BCUT2D eigenvalue weighted by molar-refractivity contribution is -0.116. The minimum absolute atomic E-state index is 0.111. The molecule has 5 heteroatoms. The van der Waals surface area contributed by atoms with E-state index < -0.39 is 0 Å². The number of carbonyl (C=O) groups is 1. The normalized spacial score (nSPS) is 12.0. The molecule has 5 nitrogen and oxygen atoms in total. The van der Waals surface area contributed by atoms with Crippen molar-refractivity contribution in [1.82, 2.24) is 4.98 Å². The Morgan fingerprint density at radius 2 is 2.25 bits per heavy atom. The fraction of sp³-hybridized carbons (Fsp3) is 0.455. The van der Waals surface area contributed by atoms with Gasteiger partial charge in [-0.15, -0.1) is 0 Å². The molecule has 1 aromatic rings. The minimum Gasteiger partial charge on any atom is -0.376 e. The van der Waals surface area contributed by atoms with Gasteiger partial charge in [-0.05, 0) is 19.1 Å². The van der Waals surface area contributed by atoms with Crippen LogP contribution < -0.4 is 16.0 Å². The first kappa shape index (κ1) is 12.4. The highest BCUT2D eigenvalue weighted by atomic mass is 16.1. The molecule has 0 aliphatic heterocycles. The van der Waals surface area contributed by atoms with Crippen molar-refractivity contribution in [2.75, 3.05) is 24.3 Å². The van der Waals surface area contributed by atoms with E-state index in [1.165, 1.54) is 0 Å². The largest absolute Gasteiger partial charge is 0.376 e. The molecule has 1 aromatic heterocycles. The van der Waals surface area contributed by atoms with Crippen LogP contribution in [0.3, 0.4) is 0 Å². The van der Waals surface area contributed by atoms with Gasteiger partial charge in [-0.25, -0.2) is 4.98 Å².